The average molecular weight is 542 g/mol. The fourth-order valence-electron chi connectivity index (χ4n) is 5.66. The van der Waals surface area contributed by atoms with Crippen molar-refractivity contribution in [2.75, 3.05) is 5.32 Å². The molecule has 0 saturated carbocycles. The number of halogens is 1. The van der Waals surface area contributed by atoms with E-state index in [1.807, 2.05) is 31.2 Å². The summed E-state index contributed by atoms with van der Waals surface area (Å²) in [7, 11) is 2.07. The zero-order valence-corrected chi connectivity index (χ0v) is 21.7. The molecule has 0 fully saturated rings. The number of hydrogen-bond acceptors (Lipinski definition) is 3. The lowest BCUT2D eigenvalue weighted by molar-refractivity contribution is -0.361. The van der Waals surface area contributed by atoms with Crippen molar-refractivity contribution in [3.8, 4) is 0 Å². The lowest BCUT2D eigenvalue weighted by Gasteiger charge is -2.33. The first-order valence-corrected chi connectivity index (χ1v) is 12.9. The van der Waals surface area contributed by atoms with E-state index in [4.69, 9.17) is 0 Å². The normalized spacial score (nSPS) is 18.0. The van der Waals surface area contributed by atoms with Gasteiger partial charge in [0.15, 0.2) is 5.78 Å². The molecule has 1 unspecified atom stereocenters. The molecule has 3 heterocycles. The predicted molar refractivity (Wildman–Crippen MR) is 144 cm³/mol. The summed E-state index contributed by atoms with van der Waals surface area (Å²) in [6.07, 6.45) is 3.90. The maximum atomic E-state index is 13.7. The summed E-state index contributed by atoms with van der Waals surface area (Å²) in [6.45, 7) is 1.92. The number of aromatic nitrogens is 2. The number of nitrogens with one attached hydrogen (secondary N) is 3. The number of dihydropyridines is 1. The summed E-state index contributed by atoms with van der Waals surface area (Å²) in [5.74, 6) is 0.0284. The van der Waals surface area contributed by atoms with Crippen LogP contribution in [0.5, 0.6) is 0 Å². The van der Waals surface area contributed by atoms with E-state index in [2.05, 4.69) is 73.5 Å². The summed E-state index contributed by atoms with van der Waals surface area (Å²) in [5, 5.41) is 8.68. The highest BCUT2D eigenvalue weighted by atomic mass is 79.9. The Hall–Kier alpha value is -3.71. The molecular weight excluding hydrogens is 516 g/mol. The van der Waals surface area contributed by atoms with Crippen molar-refractivity contribution < 1.29 is 14.6 Å². The van der Waals surface area contributed by atoms with Gasteiger partial charge < -0.3 is 9.88 Å². The van der Waals surface area contributed by atoms with Crippen LogP contribution < -0.4 is 15.6 Å². The van der Waals surface area contributed by atoms with Crippen LogP contribution in [0.4, 0.5) is 5.82 Å². The van der Waals surface area contributed by atoms with E-state index >= 15 is 0 Å². The molecule has 0 saturated heterocycles. The predicted octanol–water partition coefficient (Wildman–Crippen LogP) is 5.51. The van der Waals surface area contributed by atoms with Gasteiger partial charge in [-0.1, -0.05) is 24.3 Å². The van der Waals surface area contributed by atoms with E-state index in [1.165, 1.54) is 0 Å². The Labute approximate surface area is 217 Å². The smallest absolute Gasteiger partial charge is 0.337 e. The molecule has 0 bridgehead atoms. The number of carbonyl (C=O) groups is 2. The van der Waals surface area contributed by atoms with Crippen molar-refractivity contribution in [3.63, 3.8) is 0 Å². The molecule has 36 heavy (non-hydrogen) atoms. The Morgan fingerprint density at radius 1 is 1.08 bits per heavy atom. The molecule has 0 radical (unpaired) electrons. The summed E-state index contributed by atoms with van der Waals surface area (Å²) in [6, 6.07) is 18.3. The molecule has 1 aliphatic heterocycles. The highest BCUT2D eigenvalue weighted by molar-refractivity contribution is 9.10. The number of hydrogen-bond donors (Lipinski definition) is 2. The Morgan fingerprint density at radius 2 is 1.89 bits per heavy atom. The molecule has 0 spiro atoms. The second kappa shape index (κ2) is 8.75. The number of nitrogens with zero attached hydrogens (tertiary/aromatic N) is 1. The van der Waals surface area contributed by atoms with Gasteiger partial charge in [0.2, 0.25) is 0 Å². The Bertz CT molecular complexity index is 1630. The van der Waals surface area contributed by atoms with Crippen LogP contribution in [-0.4, -0.2) is 16.3 Å². The van der Waals surface area contributed by atoms with Crippen LogP contribution in [0.3, 0.4) is 0 Å². The van der Waals surface area contributed by atoms with Crippen molar-refractivity contribution in [2.24, 2.45) is 7.05 Å². The van der Waals surface area contributed by atoms with Gasteiger partial charge in [0, 0.05) is 64.2 Å². The number of fused-ring (bicyclic) bond motifs is 3. The van der Waals surface area contributed by atoms with Crippen molar-refractivity contribution >= 4 is 55.2 Å². The third kappa shape index (κ3) is 3.66. The van der Waals surface area contributed by atoms with Crippen LogP contribution in [-0.2, 0) is 16.6 Å². The van der Waals surface area contributed by atoms with Gasteiger partial charge in [0.05, 0.1) is 10.0 Å². The number of rotatable bonds is 3. The zero-order chi connectivity index (χ0) is 25.0. The van der Waals surface area contributed by atoms with Gasteiger partial charge in [-0.3, -0.25) is 4.79 Å². The number of carbonyl (C=O) groups excluding carboxylic acids is 2. The quantitative estimate of drug-likeness (QED) is 0.358. The van der Waals surface area contributed by atoms with Crippen molar-refractivity contribution in [1.82, 2.24) is 9.88 Å². The molecule has 1 amide bonds. The molecule has 7 heteroatoms. The fraction of sp³-hybridized carbons (Fsp3) is 0.207. The highest BCUT2D eigenvalue weighted by Gasteiger charge is 2.40. The average Bonchev–Trinajstić information content (AvgIpc) is 3.16. The molecule has 4 aromatic rings. The number of amides is 1. The molecule has 2 aromatic heterocycles. The number of ketones is 1. The van der Waals surface area contributed by atoms with Crippen molar-refractivity contribution in [2.45, 2.75) is 32.1 Å². The van der Waals surface area contributed by atoms with Crippen LogP contribution >= 0.6 is 15.9 Å². The minimum atomic E-state index is -0.437. The molecule has 6 rings (SSSR count). The Morgan fingerprint density at radius 3 is 2.69 bits per heavy atom. The van der Waals surface area contributed by atoms with Gasteiger partial charge in [0.25, 0.3) is 5.82 Å². The van der Waals surface area contributed by atoms with Gasteiger partial charge in [-0.05, 0) is 65.5 Å². The lowest BCUT2D eigenvalue weighted by atomic mass is 9.75. The number of Topliss-reactive ketones (excluding diaryl/α,β-unsaturated/α-hetero) is 1. The van der Waals surface area contributed by atoms with Crippen LogP contribution in [0, 0.1) is 0 Å². The molecule has 2 aliphatic rings. The third-order valence-electron chi connectivity index (χ3n) is 7.31. The SMILES string of the molecule is CC1=C(C(=O)Nc2ccc(Br)c[nH+]2)C(c2ccc3c(c2)c2ccccc2n3C)C2=C(CCCC2=O)N1. The fourth-order valence-corrected chi connectivity index (χ4v) is 5.90. The van der Waals surface area contributed by atoms with Gasteiger partial charge in [-0.2, -0.15) is 0 Å². The first-order chi connectivity index (χ1) is 17.4. The maximum absolute atomic E-state index is 13.7. The number of pyridine rings is 1. The number of aryl methyl sites for hydroxylation is 1. The molecular formula is C29H26BrN4O2+. The number of benzene rings is 2. The Kier molecular flexibility index (Phi) is 5.52. The summed E-state index contributed by atoms with van der Waals surface area (Å²) in [4.78, 5) is 30.1. The number of H-pyrrole nitrogens is 1. The number of allylic oxidation sites excluding steroid dienone is 3. The number of anilines is 1. The van der Waals surface area contributed by atoms with E-state index in [0.29, 0.717) is 17.8 Å². The molecule has 180 valence electrons. The summed E-state index contributed by atoms with van der Waals surface area (Å²) < 4.78 is 3.07. The standard InChI is InChI=1S/C29H25BrN4O2/c1-16-26(29(36)33-25-13-11-18(30)15-31-25)27(28-21(32-16)7-5-9-24(28)35)17-10-12-23-20(14-17)19-6-3-4-8-22(19)34(23)2/h3-4,6,8,10-15,27,32H,5,7,9H2,1-2H3,(H,31,33,36)/p+1. The topological polar surface area (TPSA) is 77.3 Å². The summed E-state index contributed by atoms with van der Waals surface area (Å²) in [5.41, 5.74) is 6.23. The van der Waals surface area contributed by atoms with Gasteiger partial charge in [0.1, 0.15) is 6.20 Å². The molecule has 6 nitrogen and oxygen atoms in total. The number of para-hydroxylation sites is 1. The second-order valence-electron chi connectivity index (χ2n) is 9.49. The van der Waals surface area contributed by atoms with Gasteiger partial charge in [-0.25, -0.2) is 15.1 Å². The largest absolute Gasteiger partial charge is 0.362 e. The van der Waals surface area contributed by atoms with E-state index in [1.54, 1.807) is 6.20 Å². The molecule has 1 atom stereocenters. The molecule has 2 aromatic carbocycles. The van der Waals surface area contributed by atoms with Gasteiger partial charge in [-0.15, -0.1) is 0 Å². The number of aromatic amines is 1. The first kappa shape index (κ1) is 22.7. The minimum Gasteiger partial charge on any atom is -0.362 e. The van der Waals surface area contributed by atoms with Crippen LogP contribution in [0.1, 0.15) is 37.7 Å². The lowest BCUT2D eigenvalue weighted by Crippen LogP contribution is -2.36. The summed E-state index contributed by atoms with van der Waals surface area (Å²) >= 11 is 3.41. The third-order valence-corrected chi connectivity index (χ3v) is 7.81. The zero-order valence-electron chi connectivity index (χ0n) is 20.1. The van der Waals surface area contributed by atoms with Gasteiger partial charge >= 0.3 is 5.91 Å². The van der Waals surface area contributed by atoms with E-state index in [9.17, 15) is 9.59 Å². The van der Waals surface area contributed by atoms with Crippen LogP contribution in [0.25, 0.3) is 21.8 Å². The van der Waals surface area contributed by atoms with E-state index in [-0.39, 0.29) is 11.7 Å². The Balaban J connectivity index is 1.51. The molecule has 1 aliphatic carbocycles. The minimum absolute atomic E-state index is 0.111. The van der Waals surface area contributed by atoms with E-state index in [0.717, 1.165) is 61.7 Å². The van der Waals surface area contributed by atoms with Crippen LogP contribution in [0.15, 0.2) is 87.8 Å². The maximum Gasteiger partial charge on any atom is 0.337 e. The second-order valence-corrected chi connectivity index (χ2v) is 10.4. The van der Waals surface area contributed by atoms with Crippen LogP contribution in [0.2, 0.25) is 0 Å². The molecule has 3 N–H and O–H groups in total. The van der Waals surface area contributed by atoms with Crippen molar-refractivity contribution in [3.05, 3.63) is 93.4 Å². The highest BCUT2D eigenvalue weighted by Crippen LogP contribution is 2.43. The van der Waals surface area contributed by atoms with E-state index < -0.39 is 5.92 Å². The first-order valence-electron chi connectivity index (χ1n) is 12.1. The monoisotopic (exact) mass is 541 g/mol. The van der Waals surface area contributed by atoms with Crippen molar-refractivity contribution in [1.29, 1.82) is 0 Å².